The zero-order valence-corrected chi connectivity index (χ0v) is 21.9. The Labute approximate surface area is 223 Å². The molecule has 0 fully saturated rings. The highest BCUT2D eigenvalue weighted by atomic mass is 16.5. The van der Waals surface area contributed by atoms with Crippen LogP contribution >= 0.6 is 0 Å². The molecule has 1 N–H and O–H groups in total. The minimum atomic E-state index is -0.560. The van der Waals surface area contributed by atoms with E-state index in [4.69, 9.17) is 4.74 Å². The molecular formula is C31H33N3O4. The summed E-state index contributed by atoms with van der Waals surface area (Å²) in [5.41, 5.74) is 4.52. The maximum absolute atomic E-state index is 13.8. The van der Waals surface area contributed by atoms with E-state index in [1.165, 1.54) is 5.56 Å². The third kappa shape index (κ3) is 4.94. The van der Waals surface area contributed by atoms with Gasteiger partial charge in [0.2, 0.25) is 5.91 Å². The SMILES string of the molecule is CCN(CC)CCOC(=O)c1ccc(NC(=O)[C@H]2c3ccccc3C(=O)N3CCc4ccccc4[C@H]23)cc1. The van der Waals surface area contributed by atoms with Gasteiger partial charge >= 0.3 is 5.97 Å². The first-order valence-corrected chi connectivity index (χ1v) is 13.3. The summed E-state index contributed by atoms with van der Waals surface area (Å²) in [5.74, 6) is -1.17. The van der Waals surface area contributed by atoms with Crippen LogP contribution in [0.1, 0.15) is 63.2 Å². The van der Waals surface area contributed by atoms with Crippen LogP contribution in [0.4, 0.5) is 5.69 Å². The topological polar surface area (TPSA) is 79.0 Å². The van der Waals surface area contributed by atoms with Gasteiger partial charge in [-0.2, -0.15) is 0 Å². The Balaban J connectivity index is 1.35. The van der Waals surface area contributed by atoms with E-state index in [9.17, 15) is 14.4 Å². The molecule has 7 heteroatoms. The predicted molar refractivity (Wildman–Crippen MR) is 146 cm³/mol. The Hall–Kier alpha value is -3.97. The van der Waals surface area contributed by atoms with E-state index in [-0.39, 0.29) is 23.8 Å². The standard InChI is InChI=1S/C31H33N3O4/c1-3-33(4-2)19-20-38-31(37)22-13-15-23(16-14-22)32-29(35)27-25-11-7-8-12-26(25)30(36)34-18-17-21-9-5-6-10-24(21)28(27)34/h5-16,27-28H,3-4,17-20H2,1-2H3,(H,32,35)/t27-,28+/m0/s1. The highest BCUT2D eigenvalue weighted by Gasteiger charge is 2.46. The lowest BCUT2D eigenvalue weighted by Gasteiger charge is -2.45. The summed E-state index contributed by atoms with van der Waals surface area (Å²) in [7, 11) is 0. The highest BCUT2D eigenvalue weighted by Crippen LogP contribution is 2.46. The Morgan fingerprint density at radius 1 is 0.947 bits per heavy atom. The monoisotopic (exact) mass is 511 g/mol. The molecule has 0 unspecified atom stereocenters. The van der Waals surface area contributed by atoms with Crippen molar-refractivity contribution >= 4 is 23.5 Å². The molecule has 2 amide bonds. The van der Waals surface area contributed by atoms with Gasteiger partial charge in [-0.3, -0.25) is 9.59 Å². The Morgan fingerprint density at radius 3 is 2.37 bits per heavy atom. The molecule has 7 nitrogen and oxygen atoms in total. The fourth-order valence-electron chi connectivity index (χ4n) is 5.56. The molecule has 0 aromatic heterocycles. The number of anilines is 1. The van der Waals surface area contributed by atoms with Crippen molar-refractivity contribution in [1.82, 2.24) is 9.80 Å². The molecule has 2 aliphatic heterocycles. The van der Waals surface area contributed by atoms with Gasteiger partial charge in [0.25, 0.3) is 5.91 Å². The largest absolute Gasteiger partial charge is 0.461 e. The molecule has 2 atom stereocenters. The summed E-state index contributed by atoms with van der Waals surface area (Å²) in [5, 5.41) is 3.03. The van der Waals surface area contributed by atoms with Crippen LogP contribution in [0.25, 0.3) is 0 Å². The molecule has 0 saturated heterocycles. The summed E-state index contributed by atoms with van der Waals surface area (Å²) in [6.45, 7) is 7.57. The molecule has 0 spiro atoms. The smallest absolute Gasteiger partial charge is 0.338 e. The minimum Gasteiger partial charge on any atom is -0.461 e. The molecule has 0 aliphatic carbocycles. The summed E-state index contributed by atoms with van der Waals surface area (Å²) >= 11 is 0. The van der Waals surface area contributed by atoms with Gasteiger partial charge in [-0.15, -0.1) is 0 Å². The van der Waals surface area contributed by atoms with Crippen LogP contribution in [0.3, 0.4) is 0 Å². The number of nitrogens with one attached hydrogen (secondary N) is 1. The number of fused-ring (bicyclic) bond motifs is 4. The van der Waals surface area contributed by atoms with Crippen molar-refractivity contribution in [3.63, 3.8) is 0 Å². The van der Waals surface area contributed by atoms with Gasteiger partial charge < -0.3 is 19.9 Å². The summed E-state index contributed by atoms with van der Waals surface area (Å²) in [6, 6.07) is 21.8. The second-order valence-electron chi connectivity index (χ2n) is 9.69. The molecule has 0 radical (unpaired) electrons. The number of hydrogen-bond donors (Lipinski definition) is 1. The molecule has 3 aromatic rings. The fraction of sp³-hybridized carbons (Fsp3) is 0.323. The van der Waals surface area contributed by atoms with E-state index in [0.717, 1.165) is 30.6 Å². The first-order chi connectivity index (χ1) is 18.5. The summed E-state index contributed by atoms with van der Waals surface area (Å²) in [4.78, 5) is 43.7. The van der Waals surface area contributed by atoms with Gasteiger partial charge in [0.05, 0.1) is 17.5 Å². The number of rotatable bonds is 8. The van der Waals surface area contributed by atoms with E-state index < -0.39 is 5.92 Å². The number of likely N-dealkylation sites (N-methyl/N-ethyl adjacent to an activating group) is 1. The molecule has 5 rings (SSSR count). The van der Waals surface area contributed by atoms with Gasteiger partial charge in [-0.05, 0) is 66.5 Å². The van der Waals surface area contributed by atoms with E-state index in [2.05, 4.69) is 30.1 Å². The van der Waals surface area contributed by atoms with Crippen LogP contribution in [-0.2, 0) is 16.0 Å². The zero-order chi connectivity index (χ0) is 26.6. The maximum atomic E-state index is 13.8. The zero-order valence-electron chi connectivity index (χ0n) is 21.9. The number of hydrogen-bond acceptors (Lipinski definition) is 5. The third-order valence-corrected chi connectivity index (χ3v) is 7.64. The van der Waals surface area contributed by atoms with E-state index in [1.807, 2.05) is 41.3 Å². The summed E-state index contributed by atoms with van der Waals surface area (Å²) < 4.78 is 5.41. The molecule has 2 aliphatic rings. The van der Waals surface area contributed by atoms with Gasteiger partial charge in [0.15, 0.2) is 0 Å². The van der Waals surface area contributed by atoms with Crippen LogP contribution in [-0.4, -0.2) is 60.4 Å². The van der Waals surface area contributed by atoms with Crippen LogP contribution < -0.4 is 5.32 Å². The molecule has 196 valence electrons. The van der Waals surface area contributed by atoms with Gasteiger partial charge in [-0.25, -0.2) is 4.79 Å². The van der Waals surface area contributed by atoms with Crippen molar-refractivity contribution in [1.29, 1.82) is 0 Å². The fourth-order valence-corrected chi connectivity index (χ4v) is 5.56. The number of ether oxygens (including phenoxy) is 1. The van der Waals surface area contributed by atoms with Crippen molar-refractivity contribution in [3.8, 4) is 0 Å². The van der Waals surface area contributed by atoms with Crippen LogP contribution in [0.15, 0.2) is 72.8 Å². The van der Waals surface area contributed by atoms with Gasteiger partial charge in [0.1, 0.15) is 6.61 Å². The van der Waals surface area contributed by atoms with Crippen LogP contribution in [0.5, 0.6) is 0 Å². The van der Waals surface area contributed by atoms with Crippen LogP contribution in [0, 0.1) is 0 Å². The quantitative estimate of drug-likeness (QED) is 0.445. The normalized spacial score (nSPS) is 17.9. The number of carbonyl (C=O) groups is 3. The van der Waals surface area contributed by atoms with E-state index in [0.29, 0.717) is 36.5 Å². The Bertz CT molecular complexity index is 1330. The van der Waals surface area contributed by atoms with Crippen molar-refractivity contribution in [2.45, 2.75) is 32.2 Å². The number of benzene rings is 3. The Morgan fingerprint density at radius 2 is 1.63 bits per heavy atom. The average Bonchev–Trinajstić information content (AvgIpc) is 2.95. The lowest BCUT2D eigenvalue weighted by molar-refractivity contribution is -0.119. The number of nitrogens with zero attached hydrogens (tertiary/aromatic N) is 2. The van der Waals surface area contributed by atoms with Crippen molar-refractivity contribution in [3.05, 3.63) is 101 Å². The average molecular weight is 512 g/mol. The number of amides is 2. The lowest BCUT2D eigenvalue weighted by Crippen LogP contribution is -2.49. The molecule has 0 bridgehead atoms. The molecular weight excluding hydrogens is 478 g/mol. The van der Waals surface area contributed by atoms with Crippen molar-refractivity contribution in [2.75, 3.05) is 38.1 Å². The molecule has 3 aromatic carbocycles. The van der Waals surface area contributed by atoms with Crippen molar-refractivity contribution < 1.29 is 19.1 Å². The van der Waals surface area contributed by atoms with Gasteiger partial charge in [0, 0.05) is 24.3 Å². The first-order valence-electron chi connectivity index (χ1n) is 13.3. The minimum absolute atomic E-state index is 0.0342. The molecule has 2 heterocycles. The summed E-state index contributed by atoms with van der Waals surface area (Å²) in [6.07, 6.45) is 0.765. The lowest BCUT2D eigenvalue weighted by atomic mass is 9.76. The number of carbonyl (C=O) groups excluding carboxylic acids is 3. The predicted octanol–water partition coefficient (Wildman–Crippen LogP) is 4.66. The maximum Gasteiger partial charge on any atom is 0.338 e. The van der Waals surface area contributed by atoms with E-state index in [1.54, 1.807) is 30.3 Å². The van der Waals surface area contributed by atoms with Crippen molar-refractivity contribution in [2.24, 2.45) is 0 Å². The first kappa shape index (κ1) is 25.7. The second kappa shape index (κ2) is 11.2. The molecule has 0 saturated carbocycles. The van der Waals surface area contributed by atoms with Crippen LogP contribution in [0.2, 0.25) is 0 Å². The van der Waals surface area contributed by atoms with E-state index >= 15 is 0 Å². The molecule has 38 heavy (non-hydrogen) atoms. The Kier molecular flexibility index (Phi) is 7.56. The second-order valence-corrected chi connectivity index (χ2v) is 9.69. The van der Waals surface area contributed by atoms with Gasteiger partial charge in [-0.1, -0.05) is 56.3 Å². The number of esters is 1. The third-order valence-electron chi connectivity index (χ3n) is 7.64. The highest BCUT2D eigenvalue weighted by molar-refractivity contribution is 6.04.